The Morgan fingerprint density at radius 3 is 2.61 bits per heavy atom. The number of oxazole rings is 1. The van der Waals surface area contributed by atoms with E-state index in [1.807, 2.05) is 19.1 Å². The van der Waals surface area contributed by atoms with Gasteiger partial charge in [-0.3, -0.25) is 4.79 Å². The van der Waals surface area contributed by atoms with Gasteiger partial charge in [-0.1, -0.05) is 6.92 Å². The molecule has 0 fully saturated rings. The quantitative estimate of drug-likeness (QED) is 0.821. The van der Waals surface area contributed by atoms with Crippen LogP contribution < -0.4 is 5.32 Å². The third kappa shape index (κ3) is 2.97. The maximum atomic E-state index is 11.1. The van der Waals surface area contributed by atoms with Gasteiger partial charge in [0.2, 0.25) is 5.89 Å². The van der Waals surface area contributed by atoms with E-state index in [1.54, 1.807) is 25.3 Å². The smallest absolute Gasteiger partial charge is 0.213 e. The van der Waals surface area contributed by atoms with Gasteiger partial charge in [-0.2, -0.15) is 0 Å². The van der Waals surface area contributed by atoms with Crippen molar-refractivity contribution < 1.29 is 9.21 Å². The molecule has 1 aromatic heterocycles. The van der Waals surface area contributed by atoms with Crippen LogP contribution in [0.4, 0.5) is 5.69 Å². The summed E-state index contributed by atoms with van der Waals surface area (Å²) in [6.07, 6.45) is 2.59. The maximum absolute atomic E-state index is 11.1. The minimum absolute atomic E-state index is 0.0711. The first kappa shape index (κ1) is 12.4. The van der Waals surface area contributed by atoms with Crippen molar-refractivity contribution in [1.29, 1.82) is 0 Å². The highest BCUT2D eigenvalue weighted by Crippen LogP contribution is 2.12. The fourth-order valence-corrected chi connectivity index (χ4v) is 1.59. The van der Waals surface area contributed by atoms with Crippen LogP contribution >= 0.6 is 0 Å². The lowest BCUT2D eigenvalue weighted by atomic mass is 10.1. The van der Waals surface area contributed by atoms with Crippen molar-refractivity contribution in [1.82, 2.24) is 4.98 Å². The molecule has 94 valence electrons. The van der Waals surface area contributed by atoms with Crippen molar-refractivity contribution in [3.05, 3.63) is 47.7 Å². The minimum Gasteiger partial charge on any atom is -0.444 e. The zero-order chi connectivity index (χ0) is 13.0. The molecule has 0 aliphatic heterocycles. The van der Waals surface area contributed by atoms with Gasteiger partial charge in [0.1, 0.15) is 5.76 Å². The molecule has 1 aromatic carbocycles. The molecule has 2 aromatic rings. The van der Waals surface area contributed by atoms with E-state index in [0.29, 0.717) is 18.0 Å². The molecule has 0 bridgehead atoms. The van der Waals surface area contributed by atoms with E-state index in [2.05, 4.69) is 10.3 Å². The highest BCUT2D eigenvalue weighted by molar-refractivity contribution is 5.94. The molecule has 1 N–H and O–H groups in total. The van der Waals surface area contributed by atoms with Crippen LogP contribution in [-0.4, -0.2) is 10.8 Å². The summed E-state index contributed by atoms with van der Waals surface area (Å²) in [6.45, 7) is 4.12. The number of anilines is 1. The maximum Gasteiger partial charge on any atom is 0.213 e. The second-order valence-corrected chi connectivity index (χ2v) is 4.06. The van der Waals surface area contributed by atoms with E-state index in [0.717, 1.165) is 17.9 Å². The molecular formula is C14H16N2O2. The van der Waals surface area contributed by atoms with Crippen LogP contribution in [0.25, 0.3) is 0 Å². The number of hydrogen-bond donors (Lipinski definition) is 1. The lowest BCUT2D eigenvalue weighted by Gasteiger charge is -2.04. The van der Waals surface area contributed by atoms with Crippen LogP contribution in [0.2, 0.25) is 0 Å². The van der Waals surface area contributed by atoms with Gasteiger partial charge in [0.05, 0.1) is 12.7 Å². The second-order valence-electron chi connectivity index (χ2n) is 4.06. The zero-order valence-electron chi connectivity index (χ0n) is 10.6. The van der Waals surface area contributed by atoms with Crippen LogP contribution in [-0.2, 0) is 13.0 Å². The molecule has 0 aliphatic rings. The number of Topliss-reactive ketones (excluding diaryl/α,β-unsaturated/α-hetero) is 1. The summed E-state index contributed by atoms with van der Waals surface area (Å²) in [5.41, 5.74) is 1.65. The van der Waals surface area contributed by atoms with Crippen LogP contribution in [0.1, 0.15) is 35.9 Å². The third-order valence-corrected chi connectivity index (χ3v) is 2.69. The molecule has 0 radical (unpaired) electrons. The number of aromatic nitrogens is 1. The molecule has 0 aliphatic carbocycles. The van der Waals surface area contributed by atoms with Gasteiger partial charge in [-0.25, -0.2) is 4.98 Å². The van der Waals surface area contributed by atoms with E-state index >= 15 is 0 Å². The van der Waals surface area contributed by atoms with Crippen molar-refractivity contribution in [2.45, 2.75) is 26.8 Å². The lowest BCUT2D eigenvalue weighted by molar-refractivity contribution is 0.101. The Labute approximate surface area is 106 Å². The first-order valence-corrected chi connectivity index (χ1v) is 5.97. The number of carbonyl (C=O) groups is 1. The molecular weight excluding hydrogens is 228 g/mol. The number of nitrogens with one attached hydrogen (secondary N) is 1. The van der Waals surface area contributed by atoms with Gasteiger partial charge in [0.25, 0.3) is 0 Å². The van der Waals surface area contributed by atoms with Gasteiger partial charge >= 0.3 is 0 Å². The van der Waals surface area contributed by atoms with Crippen LogP contribution in [0, 0.1) is 0 Å². The molecule has 0 saturated heterocycles. The minimum atomic E-state index is 0.0711. The van der Waals surface area contributed by atoms with Crippen LogP contribution in [0.3, 0.4) is 0 Å². The van der Waals surface area contributed by atoms with E-state index < -0.39 is 0 Å². The normalized spacial score (nSPS) is 10.3. The summed E-state index contributed by atoms with van der Waals surface area (Å²) in [5.74, 6) is 1.63. The van der Waals surface area contributed by atoms with E-state index in [1.165, 1.54) is 0 Å². The molecule has 18 heavy (non-hydrogen) atoms. The fraction of sp³-hybridized carbons (Fsp3) is 0.286. The number of carbonyl (C=O) groups excluding carboxylic acids is 1. The number of hydrogen-bond acceptors (Lipinski definition) is 4. The number of aryl methyl sites for hydroxylation is 1. The molecule has 0 spiro atoms. The fourth-order valence-electron chi connectivity index (χ4n) is 1.59. The largest absolute Gasteiger partial charge is 0.444 e. The van der Waals surface area contributed by atoms with Gasteiger partial charge < -0.3 is 9.73 Å². The van der Waals surface area contributed by atoms with Crippen molar-refractivity contribution in [3.63, 3.8) is 0 Å². The summed E-state index contributed by atoms with van der Waals surface area (Å²) in [5, 5.41) is 3.20. The van der Waals surface area contributed by atoms with Crippen molar-refractivity contribution >= 4 is 11.5 Å². The van der Waals surface area contributed by atoms with Gasteiger partial charge in [0.15, 0.2) is 5.78 Å². The molecule has 0 amide bonds. The lowest BCUT2D eigenvalue weighted by Crippen LogP contribution is -2.00. The monoisotopic (exact) mass is 244 g/mol. The van der Waals surface area contributed by atoms with Crippen LogP contribution in [0.5, 0.6) is 0 Å². The summed E-state index contributed by atoms with van der Waals surface area (Å²) < 4.78 is 5.49. The van der Waals surface area contributed by atoms with Crippen molar-refractivity contribution in [2.24, 2.45) is 0 Å². The Balaban J connectivity index is 1.95. The van der Waals surface area contributed by atoms with E-state index in [-0.39, 0.29) is 5.78 Å². The second kappa shape index (κ2) is 5.49. The molecule has 0 atom stereocenters. The molecule has 4 heteroatoms. The average Bonchev–Trinajstić information content (AvgIpc) is 2.85. The highest BCUT2D eigenvalue weighted by atomic mass is 16.4. The molecule has 1 heterocycles. The summed E-state index contributed by atoms with van der Waals surface area (Å²) >= 11 is 0. The molecule has 2 rings (SSSR count). The highest BCUT2D eigenvalue weighted by Gasteiger charge is 2.02. The summed E-state index contributed by atoms with van der Waals surface area (Å²) in [4.78, 5) is 15.3. The standard InChI is InChI=1S/C14H16N2O2/c1-3-13-8-16-14(18-13)9-15-12-6-4-11(5-7-12)10(2)17/h4-8,15H,3,9H2,1-2H3. The Morgan fingerprint density at radius 1 is 1.33 bits per heavy atom. The van der Waals surface area contributed by atoms with Gasteiger partial charge in [0, 0.05) is 17.7 Å². The van der Waals surface area contributed by atoms with E-state index in [9.17, 15) is 4.79 Å². The van der Waals surface area contributed by atoms with Gasteiger partial charge in [-0.05, 0) is 31.2 Å². The Hall–Kier alpha value is -2.10. The summed E-state index contributed by atoms with van der Waals surface area (Å²) in [6, 6.07) is 7.36. The number of rotatable bonds is 5. The molecule has 0 saturated carbocycles. The van der Waals surface area contributed by atoms with Crippen molar-refractivity contribution in [3.8, 4) is 0 Å². The number of ketones is 1. The van der Waals surface area contributed by atoms with Gasteiger partial charge in [-0.15, -0.1) is 0 Å². The topological polar surface area (TPSA) is 55.1 Å². The Morgan fingerprint density at radius 2 is 2.06 bits per heavy atom. The molecule has 4 nitrogen and oxygen atoms in total. The Kier molecular flexibility index (Phi) is 3.77. The predicted octanol–water partition coefficient (Wildman–Crippen LogP) is 3.05. The predicted molar refractivity (Wildman–Crippen MR) is 69.7 cm³/mol. The number of benzene rings is 1. The SMILES string of the molecule is CCc1cnc(CNc2ccc(C(C)=O)cc2)o1. The first-order chi connectivity index (χ1) is 8.69. The average molecular weight is 244 g/mol. The zero-order valence-corrected chi connectivity index (χ0v) is 10.6. The van der Waals surface area contributed by atoms with E-state index in [4.69, 9.17) is 4.42 Å². The van der Waals surface area contributed by atoms with Crippen molar-refractivity contribution in [2.75, 3.05) is 5.32 Å². The first-order valence-electron chi connectivity index (χ1n) is 5.97. The molecule has 0 unspecified atom stereocenters. The number of nitrogens with zero attached hydrogens (tertiary/aromatic N) is 1. The summed E-state index contributed by atoms with van der Waals surface area (Å²) in [7, 11) is 0. The van der Waals surface area contributed by atoms with Crippen LogP contribution in [0.15, 0.2) is 34.9 Å². The third-order valence-electron chi connectivity index (χ3n) is 2.69. The Bertz CT molecular complexity index is 529.